The molecule has 40 heavy (non-hydrogen) atoms. The first-order chi connectivity index (χ1) is 18.8. The van der Waals surface area contributed by atoms with Crippen molar-refractivity contribution in [3.8, 4) is 0 Å². The number of carbonyl (C=O) groups excluding carboxylic acids is 3. The van der Waals surface area contributed by atoms with Gasteiger partial charge in [-0.15, -0.1) is 28.2 Å². The van der Waals surface area contributed by atoms with Gasteiger partial charge in [0.2, 0.25) is 5.91 Å². The van der Waals surface area contributed by atoms with Gasteiger partial charge in [-0.1, -0.05) is 11.8 Å². The summed E-state index contributed by atoms with van der Waals surface area (Å²) in [6.07, 6.45) is -0.755. The Bertz CT molecular complexity index is 1520. The Kier molecular flexibility index (Phi) is 8.46. The number of aliphatic carboxylic acids is 1. The Hall–Kier alpha value is -3.57. The first-order valence-corrected chi connectivity index (χ1v) is 14.7. The van der Waals surface area contributed by atoms with E-state index in [0.717, 1.165) is 21.2 Å². The lowest BCUT2D eigenvalue weighted by Gasteiger charge is -2.49. The largest absolute Gasteiger partial charge is 0.477 e. The summed E-state index contributed by atoms with van der Waals surface area (Å²) in [7, 11) is 1.38. The van der Waals surface area contributed by atoms with Crippen molar-refractivity contribution in [1.29, 1.82) is 0 Å². The normalized spacial score (nSPS) is 18.6. The molecule has 1 fully saturated rings. The van der Waals surface area contributed by atoms with Crippen LogP contribution in [-0.2, 0) is 32.6 Å². The van der Waals surface area contributed by atoms with Crippen LogP contribution in [0.4, 0.5) is 10.5 Å². The molecule has 214 valence electrons. The summed E-state index contributed by atoms with van der Waals surface area (Å²) >= 11 is 3.61. The summed E-state index contributed by atoms with van der Waals surface area (Å²) in [5, 5.41) is 22.4. The first-order valence-electron chi connectivity index (χ1n) is 11.8. The summed E-state index contributed by atoms with van der Waals surface area (Å²) in [5.74, 6) is -1.93. The van der Waals surface area contributed by atoms with Crippen LogP contribution in [0.1, 0.15) is 25.6 Å². The van der Waals surface area contributed by atoms with Crippen molar-refractivity contribution in [3.63, 3.8) is 0 Å². The molecule has 17 heteroatoms. The Morgan fingerprint density at radius 2 is 2.00 bits per heavy atom. The molecule has 2 aliphatic heterocycles. The lowest BCUT2D eigenvalue weighted by Crippen LogP contribution is -2.70. The van der Waals surface area contributed by atoms with Crippen molar-refractivity contribution in [2.24, 2.45) is 7.05 Å². The first kappa shape index (κ1) is 29.4. The van der Waals surface area contributed by atoms with E-state index < -0.39 is 52.0 Å². The van der Waals surface area contributed by atoms with E-state index in [1.807, 2.05) is 0 Å². The number of hydrogen-bond donors (Lipinski definition) is 4. The van der Waals surface area contributed by atoms with Gasteiger partial charge in [-0.05, 0) is 37.8 Å². The fourth-order valence-electron chi connectivity index (χ4n) is 3.91. The second-order valence-corrected chi connectivity index (χ2v) is 12.8. The van der Waals surface area contributed by atoms with Crippen molar-refractivity contribution in [2.75, 3.05) is 16.8 Å². The lowest BCUT2D eigenvalue weighted by atomic mass is 10.0. The molecule has 2 unspecified atom stereocenters. The van der Waals surface area contributed by atoms with Crippen molar-refractivity contribution in [3.05, 3.63) is 48.3 Å². The van der Waals surface area contributed by atoms with Crippen LogP contribution in [0.3, 0.4) is 0 Å². The average Bonchev–Trinajstić information content (AvgIpc) is 3.29. The number of aromatic amines is 1. The molecule has 0 aromatic carbocycles. The number of nitrogens with zero attached hydrogens (tertiary/aromatic N) is 3. The average molecular weight is 611 g/mol. The minimum Gasteiger partial charge on any atom is -0.477 e. The number of fused-ring (bicyclic) bond motifs is 1. The maximum atomic E-state index is 13.0. The van der Waals surface area contributed by atoms with E-state index in [1.54, 1.807) is 32.2 Å². The second kappa shape index (κ2) is 11.5. The number of carboxylic acid groups (broad SMARTS) is 1. The number of anilines is 1. The van der Waals surface area contributed by atoms with Gasteiger partial charge in [-0.3, -0.25) is 34.0 Å². The zero-order chi connectivity index (χ0) is 29.4. The molecular weight excluding hydrogens is 584 g/mol. The van der Waals surface area contributed by atoms with E-state index in [-0.39, 0.29) is 28.8 Å². The van der Waals surface area contributed by atoms with Crippen LogP contribution in [0.25, 0.3) is 0 Å². The standard InChI is InChI=1S/C23H26N6O8S3/c1-23(2,3)37-22(36)24-11-5-6-38-12(11)7-13(30)25-14-17(32)29-15(20(34)35)10(8-39-19(14)29)9-40-21-27-26-16(31)18(33)28(21)4/h5-6,14,19H,7-9H2,1-4H3,(H,24,36)(H,25,30)(H,26,31)(H,34,35). The van der Waals surface area contributed by atoms with Crippen LogP contribution >= 0.6 is 34.9 Å². The predicted octanol–water partition coefficient (Wildman–Crippen LogP) is 0.950. The summed E-state index contributed by atoms with van der Waals surface area (Å²) in [6, 6.07) is 0.735. The maximum Gasteiger partial charge on any atom is 0.412 e. The number of amides is 3. The fourth-order valence-corrected chi connectivity index (χ4v) is 7.14. The van der Waals surface area contributed by atoms with Gasteiger partial charge in [0.25, 0.3) is 5.91 Å². The second-order valence-electron chi connectivity index (χ2n) is 9.76. The molecule has 2 aliphatic rings. The zero-order valence-corrected chi connectivity index (χ0v) is 24.3. The topological polar surface area (TPSA) is 193 Å². The SMILES string of the molecule is Cn1c(SCC2=C(C(=O)O)N3C(=O)C(NC(=O)Cc4sccc4NC(=O)OC(C)(C)C)C3SC2)n[nH]c(=O)c1=O. The highest BCUT2D eigenvalue weighted by atomic mass is 32.2. The molecule has 0 saturated carbocycles. The number of H-pyrrole nitrogens is 1. The quantitative estimate of drug-likeness (QED) is 0.189. The molecule has 4 N–H and O–H groups in total. The summed E-state index contributed by atoms with van der Waals surface area (Å²) < 4.78 is 6.31. The van der Waals surface area contributed by atoms with Gasteiger partial charge in [0.15, 0.2) is 5.16 Å². The molecule has 2 aromatic rings. The molecule has 3 amide bonds. The number of ether oxygens (including phenoxy) is 1. The summed E-state index contributed by atoms with van der Waals surface area (Å²) in [5.41, 5.74) is -1.67. The minimum atomic E-state index is -1.29. The van der Waals surface area contributed by atoms with Crippen LogP contribution in [0.2, 0.25) is 0 Å². The van der Waals surface area contributed by atoms with Crippen molar-refractivity contribution >= 4 is 64.4 Å². The van der Waals surface area contributed by atoms with E-state index in [2.05, 4.69) is 20.8 Å². The lowest BCUT2D eigenvalue weighted by molar-refractivity contribution is -0.150. The van der Waals surface area contributed by atoms with Crippen LogP contribution in [0.5, 0.6) is 0 Å². The van der Waals surface area contributed by atoms with Gasteiger partial charge >= 0.3 is 23.2 Å². The molecule has 14 nitrogen and oxygen atoms in total. The van der Waals surface area contributed by atoms with Gasteiger partial charge in [0, 0.05) is 23.4 Å². The Morgan fingerprint density at radius 1 is 1.27 bits per heavy atom. The number of aromatic nitrogens is 3. The number of hydrogen-bond acceptors (Lipinski definition) is 11. The molecule has 1 saturated heterocycles. The van der Waals surface area contributed by atoms with Crippen molar-refractivity contribution in [2.45, 2.75) is 49.4 Å². The molecule has 2 atom stereocenters. The molecule has 2 aromatic heterocycles. The molecule has 0 radical (unpaired) electrons. The van der Waals surface area contributed by atoms with Crippen LogP contribution in [0, 0.1) is 0 Å². The minimum absolute atomic E-state index is 0.0988. The number of carbonyl (C=O) groups is 4. The number of rotatable bonds is 8. The van der Waals surface area contributed by atoms with E-state index >= 15 is 0 Å². The monoisotopic (exact) mass is 610 g/mol. The van der Waals surface area contributed by atoms with Gasteiger partial charge in [-0.25, -0.2) is 14.7 Å². The smallest absolute Gasteiger partial charge is 0.412 e. The fraction of sp³-hybridized carbons (Fsp3) is 0.435. The highest BCUT2D eigenvalue weighted by Crippen LogP contribution is 2.41. The zero-order valence-electron chi connectivity index (χ0n) is 21.8. The van der Waals surface area contributed by atoms with Gasteiger partial charge in [0.05, 0.1) is 12.1 Å². The number of carboxylic acids is 1. The highest BCUT2D eigenvalue weighted by molar-refractivity contribution is 8.01. The van der Waals surface area contributed by atoms with Gasteiger partial charge in [0.1, 0.15) is 22.7 Å². The molecule has 0 bridgehead atoms. The van der Waals surface area contributed by atoms with Gasteiger partial charge < -0.3 is 15.2 Å². The van der Waals surface area contributed by atoms with Gasteiger partial charge in [-0.2, -0.15) is 0 Å². The maximum absolute atomic E-state index is 13.0. The van der Waals surface area contributed by atoms with Crippen LogP contribution in [0.15, 0.2) is 37.5 Å². The molecule has 0 aliphatic carbocycles. The van der Waals surface area contributed by atoms with Crippen molar-refractivity contribution in [1.82, 2.24) is 25.0 Å². The Labute approximate surface area is 239 Å². The number of thioether (sulfide) groups is 2. The third-order valence-corrected chi connectivity index (χ3v) is 9.06. The van der Waals surface area contributed by atoms with Crippen LogP contribution < -0.4 is 21.8 Å². The third kappa shape index (κ3) is 6.26. The molecule has 4 heterocycles. The number of thiophene rings is 1. The number of β-lactam (4-membered cyclic amide) rings is 1. The summed E-state index contributed by atoms with van der Waals surface area (Å²) in [6.45, 7) is 5.20. The van der Waals surface area contributed by atoms with E-state index in [9.17, 15) is 33.9 Å². The number of nitrogens with one attached hydrogen (secondary N) is 3. The summed E-state index contributed by atoms with van der Waals surface area (Å²) in [4.78, 5) is 75.0. The van der Waals surface area contributed by atoms with E-state index in [1.165, 1.54) is 30.1 Å². The van der Waals surface area contributed by atoms with Crippen LogP contribution in [-0.4, -0.2) is 77.2 Å². The third-order valence-electron chi connectivity index (χ3n) is 5.68. The van der Waals surface area contributed by atoms with E-state index in [0.29, 0.717) is 16.1 Å². The van der Waals surface area contributed by atoms with E-state index in [4.69, 9.17) is 4.74 Å². The van der Waals surface area contributed by atoms with Crippen molar-refractivity contribution < 1.29 is 29.0 Å². The molecule has 4 rings (SSSR count). The highest BCUT2D eigenvalue weighted by Gasteiger charge is 2.54. The predicted molar refractivity (Wildman–Crippen MR) is 148 cm³/mol. The Balaban J connectivity index is 1.40. The Morgan fingerprint density at radius 3 is 2.67 bits per heavy atom. The molecular formula is C23H26N6O8S3. The molecule has 0 spiro atoms.